The first kappa shape index (κ1) is 10.6. The van der Waals surface area contributed by atoms with Crippen LogP contribution < -0.4 is 0 Å². The van der Waals surface area contributed by atoms with Crippen LogP contribution in [-0.4, -0.2) is 16.1 Å². The van der Waals surface area contributed by atoms with Gasteiger partial charge in [-0.1, -0.05) is 12.8 Å². The summed E-state index contributed by atoms with van der Waals surface area (Å²) in [6.07, 6.45) is 4.99. The maximum absolute atomic E-state index is 10.8. The van der Waals surface area contributed by atoms with Gasteiger partial charge in [0.05, 0.1) is 5.69 Å². The third kappa shape index (κ3) is 2.20. The minimum absolute atomic E-state index is 0.467. The SMILES string of the molecule is CC(C(=O)O)c1nc(C2CCCC2)cs1. The summed E-state index contributed by atoms with van der Waals surface area (Å²) in [6.45, 7) is 1.69. The van der Waals surface area contributed by atoms with Crippen LogP contribution >= 0.6 is 11.3 Å². The van der Waals surface area contributed by atoms with Crippen LogP contribution in [0.1, 0.15) is 55.1 Å². The standard InChI is InChI=1S/C11H15NO2S/c1-7(11(13)14)10-12-9(6-15-10)8-4-2-3-5-8/h6-8H,2-5H2,1H3,(H,13,14). The van der Waals surface area contributed by atoms with E-state index in [4.69, 9.17) is 5.11 Å². The zero-order valence-electron chi connectivity index (χ0n) is 8.77. The van der Waals surface area contributed by atoms with E-state index < -0.39 is 11.9 Å². The van der Waals surface area contributed by atoms with Crippen molar-refractivity contribution >= 4 is 17.3 Å². The predicted molar refractivity (Wildman–Crippen MR) is 59.4 cm³/mol. The summed E-state index contributed by atoms with van der Waals surface area (Å²) < 4.78 is 0. The monoisotopic (exact) mass is 225 g/mol. The first-order chi connectivity index (χ1) is 7.18. The van der Waals surface area contributed by atoms with Crippen LogP contribution in [0.3, 0.4) is 0 Å². The molecule has 1 aromatic rings. The van der Waals surface area contributed by atoms with Crippen LogP contribution in [0, 0.1) is 0 Å². The highest BCUT2D eigenvalue weighted by atomic mass is 32.1. The van der Waals surface area contributed by atoms with Gasteiger partial charge < -0.3 is 5.11 Å². The number of rotatable bonds is 3. The lowest BCUT2D eigenvalue weighted by Crippen LogP contribution is -2.07. The number of nitrogens with zero attached hydrogens (tertiary/aromatic N) is 1. The summed E-state index contributed by atoms with van der Waals surface area (Å²) in [4.78, 5) is 15.2. The van der Waals surface area contributed by atoms with E-state index in [9.17, 15) is 4.79 Å². The Morgan fingerprint density at radius 1 is 1.60 bits per heavy atom. The van der Waals surface area contributed by atoms with Gasteiger partial charge >= 0.3 is 5.97 Å². The summed E-state index contributed by atoms with van der Waals surface area (Å²) in [5.74, 6) is -0.677. The van der Waals surface area contributed by atoms with Crippen LogP contribution in [0.15, 0.2) is 5.38 Å². The predicted octanol–water partition coefficient (Wildman–Crippen LogP) is 2.99. The van der Waals surface area contributed by atoms with Gasteiger partial charge in [0.1, 0.15) is 10.9 Å². The van der Waals surface area contributed by atoms with Gasteiger partial charge in [0.25, 0.3) is 0 Å². The minimum atomic E-state index is -0.790. The average molecular weight is 225 g/mol. The van der Waals surface area contributed by atoms with E-state index in [0.29, 0.717) is 5.92 Å². The molecule has 4 heteroatoms. The molecule has 1 N–H and O–H groups in total. The Balaban J connectivity index is 2.12. The van der Waals surface area contributed by atoms with E-state index in [0.717, 1.165) is 10.7 Å². The van der Waals surface area contributed by atoms with Crippen molar-refractivity contribution in [2.45, 2.75) is 44.4 Å². The number of hydrogen-bond donors (Lipinski definition) is 1. The number of carbonyl (C=O) groups is 1. The van der Waals surface area contributed by atoms with Crippen molar-refractivity contribution in [1.29, 1.82) is 0 Å². The van der Waals surface area contributed by atoms with Crippen molar-refractivity contribution < 1.29 is 9.90 Å². The average Bonchev–Trinajstić information content (AvgIpc) is 2.86. The molecule has 1 unspecified atom stereocenters. The van der Waals surface area contributed by atoms with Crippen molar-refractivity contribution in [3.63, 3.8) is 0 Å². The van der Waals surface area contributed by atoms with Crippen LogP contribution in [-0.2, 0) is 4.79 Å². The molecule has 0 spiro atoms. The van der Waals surface area contributed by atoms with Gasteiger partial charge in [-0.05, 0) is 19.8 Å². The Bertz CT molecular complexity index is 355. The minimum Gasteiger partial charge on any atom is -0.481 e. The van der Waals surface area contributed by atoms with Gasteiger partial charge in [0, 0.05) is 11.3 Å². The van der Waals surface area contributed by atoms with E-state index in [1.165, 1.54) is 37.0 Å². The van der Waals surface area contributed by atoms with Gasteiger partial charge in [0.2, 0.25) is 0 Å². The number of aliphatic carboxylic acids is 1. The molecule has 1 fully saturated rings. The van der Waals surface area contributed by atoms with Crippen molar-refractivity contribution in [2.75, 3.05) is 0 Å². The molecule has 82 valence electrons. The topological polar surface area (TPSA) is 50.2 Å². The molecule has 0 amide bonds. The number of aromatic nitrogens is 1. The van der Waals surface area contributed by atoms with Gasteiger partial charge in [-0.15, -0.1) is 11.3 Å². The first-order valence-corrected chi connectivity index (χ1v) is 6.24. The van der Waals surface area contributed by atoms with Gasteiger partial charge in [-0.25, -0.2) is 4.98 Å². The summed E-state index contributed by atoms with van der Waals surface area (Å²) in [6, 6.07) is 0. The Kier molecular flexibility index (Phi) is 3.05. The lowest BCUT2D eigenvalue weighted by atomic mass is 10.1. The molecule has 0 aliphatic heterocycles. The summed E-state index contributed by atoms with van der Waals surface area (Å²) in [5.41, 5.74) is 1.11. The molecule has 0 radical (unpaired) electrons. The van der Waals surface area contributed by atoms with E-state index >= 15 is 0 Å². The molecule has 0 bridgehead atoms. The molecule has 2 rings (SSSR count). The smallest absolute Gasteiger partial charge is 0.313 e. The quantitative estimate of drug-likeness (QED) is 0.860. The normalized spacial score (nSPS) is 19.3. The highest BCUT2D eigenvalue weighted by Crippen LogP contribution is 2.35. The van der Waals surface area contributed by atoms with Gasteiger partial charge in [-0.3, -0.25) is 4.79 Å². The molecule has 1 aliphatic rings. The van der Waals surface area contributed by atoms with E-state index in [1.807, 2.05) is 5.38 Å². The van der Waals surface area contributed by atoms with Crippen molar-refractivity contribution in [3.8, 4) is 0 Å². The van der Waals surface area contributed by atoms with Crippen LogP contribution in [0.2, 0.25) is 0 Å². The third-order valence-electron chi connectivity index (χ3n) is 3.05. The molecule has 0 aromatic carbocycles. The highest BCUT2D eigenvalue weighted by molar-refractivity contribution is 7.09. The van der Waals surface area contributed by atoms with E-state index in [1.54, 1.807) is 6.92 Å². The summed E-state index contributed by atoms with van der Waals surface area (Å²) in [7, 11) is 0. The Hall–Kier alpha value is -0.900. The van der Waals surface area contributed by atoms with Crippen LogP contribution in [0.25, 0.3) is 0 Å². The second kappa shape index (κ2) is 4.31. The molecular weight excluding hydrogens is 210 g/mol. The van der Waals surface area contributed by atoms with Gasteiger partial charge in [0.15, 0.2) is 0 Å². The fourth-order valence-corrected chi connectivity index (χ4v) is 2.96. The zero-order valence-corrected chi connectivity index (χ0v) is 9.59. The molecule has 1 aromatic heterocycles. The van der Waals surface area contributed by atoms with E-state index in [-0.39, 0.29) is 0 Å². The Labute approximate surface area is 93.2 Å². The van der Waals surface area contributed by atoms with Gasteiger partial charge in [-0.2, -0.15) is 0 Å². The molecule has 1 heterocycles. The first-order valence-electron chi connectivity index (χ1n) is 5.36. The molecular formula is C11H15NO2S. The van der Waals surface area contributed by atoms with Crippen LogP contribution in [0.5, 0.6) is 0 Å². The second-order valence-electron chi connectivity index (χ2n) is 4.15. The molecule has 1 aliphatic carbocycles. The lowest BCUT2D eigenvalue weighted by Gasteiger charge is -2.04. The number of hydrogen-bond acceptors (Lipinski definition) is 3. The maximum Gasteiger partial charge on any atom is 0.313 e. The zero-order chi connectivity index (χ0) is 10.8. The summed E-state index contributed by atoms with van der Waals surface area (Å²) >= 11 is 1.48. The van der Waals surface area contributed by atoms with Crippen molar-refractivity contribution in [1.82, 2.24) is 4.98 Å². The fourth-order valence-electron chi connectivity index (χ4n) is 2.01. The molecule has 3 nitrogen and oxygen atoms in total. The number of thiazole rings is 1. The third-order valence-corrected chi connectivity index (χ3v) is 4.10. The van der Waals surface area contributed by atoms with E-state index in [2.05, 4.69) is 4.98 Å². The highest BCUT2D eigenvalue weighted by Gasteiger charge is 2.22. The van der Waals surface area contributed by atoms with Crippen molar-refractivity contribution in [3.05, 3.63) is 16.1 Å². The Morgan fingerprint density at radius 2 is 2.27 bits per heavy atom. The van der Waals surface area contributed by atoms with Crippen LogP contribution in [0.4, 0.5) is 0 Å². The fraction of sp³-hybridized carbons (Fsp3) is 0.636. The molecule has 0 saturated heterocycles. The molecule has 15 heavy (non-hydrogen) atoms. The maximum atomic E-state index is 10.8. The van der Waals surface area contributed by atoms with Crippen molar-refractivity contribution in [2.24, 2.45) is 0 Å². The lowest BCUT2D eigenvalue weighted by molar-refractivity contribution is -0.138. The number of carboxylic acid groups (broad SMARTS) is 1. The second-order valence-corrected chi connectivity index (χ2v) is 5.04. The molecule has 1 atom stereocenters. The largest absolute Gasteiger partial charge is 0.481 e. The number of carboxylic acids is 1. The Morgan fingerprint density at radius 3 is 2.87 bits per heavy atom. The summed E-state index contributed by atoms with van der Waals surface area (Å²) in [5, 5.41) is 11.6. The molecule has 1 saturated carbocycles.